The first kappa shape index (κ1) is 22.0. The van der Waals surface area contributed by atoms with Gasteiger partial charge in [0.25, 0.3) is 0 Å². The van der Waals surface area contributed by atoms with Gasteiger partial charge in [0, 0.05) is 13.1 Å². The third-order valence-electron chi connectivity index (χ3n) is 5.86. The van der Waals surface area contributed by atoms with Gasteiger partial charge in [-0.05, 0) is 30.6 Å². The van der Waals surface area contributed by atoms with E-state index in [1.54, 1.807) is 0 Å². The van der Waals surface area contributed by atoms with E-state index in [1.807, 2.05) is 0 Å². The van der Waals surface area contributed by atoms with E-state index in [1.165, 1.54) is 90.1 Å². The lowest BCUT2D eigenvalue weighted by Gasteiger charge is -2.38. The number of nitrogens with one attached hydrogen (secondary N) is 2. The molecule has 0 spiro atoms. The first-order valence-corrected chi connectivity index (χ1v) is 11.1. The van der Waals surface area contributed by atoms with Crippen molar-refractivity contribution in [3.63, 3.8) is 0 Å². The Morgan fingerprint density at radius 3 is 1.50 bits per heavy atom. The standard InChI is InChI=1S/C12H24N2.C5H10.C5H12/c1-9-3-5-11(6-4-9)12-13-7-10(2)8-14-12;1-2-4-5-3-1;1-3-5-4-2/h9-14H,3-8H2,1-2H3;1-5H2;3-5H2,1-2H3. The highest BCUT2D eigenvalue weighted by molar-refractivity contribution is 4.83. The maximum atomic E-state index is 3.64. The molecule has 3 aliphatic rings. The first-order valence-electron chi connectivity index (χ1n) is 11.1. The molecule has 2 nitrogen and oxygen atoms in total. The molecule has 24 heavy (non-hydrogen) atoms. The van der Waals surface area contributed by atoms with Crippen LogP contribution in [-0.4, -0.2) is 19.3 Å². The predicted molar refractivity (Wildman–Crippen MR) is 108 cm³/mol. The zero-order chi connectivity index (χ0) is 17.6. The summed E-state index contributed by atoms with van der Waals surface area (Å²) in [7, 11) is 0. The van der Waals surface area contributed by atoms with Crippen LogP contribution in [-0.2, 0) is 0 Å². The molecule has 0 aromatic heterocycles. The van der Waals surface area contributed by atoms with E-state index in [0.717, 1.165) is 17.8 Å². The van der Waals surface area contributed by atoms with Crippen LogP contribution in [0.25, 0.3) is 0 Å². The maximum absolute atomic E-state index is 3.64. The number of unbranched alkanes of at least 4 members (excludes halogenated alkanes) is 2. The highest BCUT2D eigenvalue weighted by Crippen LogP contribution is 2.30. The zero-order valence-electron chi connectivity index (χ0n) is 17.2. The van der Waals surface area contributed by atoms with E-state index in [-0.39, 0.29) is 0 Å². The fourth-order valence-corrected chi connectivity index (χ4v) is 3.99. The van der Waals surface area contributed by atoms with Crippen molar-refractivity contribution in [3.8, 4) is 0 Å². The highest BCUT2D eigenvalue weighted by atomic mass is 15.2. The van der Waals surface area contributed by atoms with Gasteiger partial charge in [0.15, 0.2) is 0 Å². The predicted octanol–water partition coefficient (Wildman–Crippen LogP) is 6.11. The molecule has 2 heteroatoms. The lowest BCUT2D eigenvalue weighted by molar-refractivity contribution is 0.173. The van der Waals surface area contributed by atoms with Crippen molar-refractivity contribution >= 4 is 0 Å². The topological polar surface area (TPSA) is 24.1 Å². The fraction of sp³-hybridized carbons (Fsp3) is 1.00. The van der Waals surface area contributed by atoms with Gasteiger partial charge in [-0.1, -0.05) is 91.9 Å². The van der Waals surface area contributed by atoms with Crippen LogP contribution < -0.4 is 10.6 Å². The highest BCUT2D eigenvalue weighted by Gasteiger charge is 2.27. The molecule has 0 unspecified atom stereocenters. The van der Waals surface area contributed by atoms with Crippen LogP contribution in [0, 0.1) is 17.8 Å². The van der Waals surface area contributed by atoms with Crippen LogP contribution in [0.2, 0.25) is 0 Å². The largest absolute Gasteiger partial charge is 0.301 e. The van der Waals surface area contributed by atoms with Crippen LogP contribution in [0.4, 0.5) is 0 Å². The quantitative estimate of drug-likeness (QED) is 0.648. The Hall–Kier alpha value is -0.0800. The normalized spacial score (nSPS) is 33.0. The Balaban J connectivity index is 0.000000237. The minimum atomic E-state index is 0.610. The van der Waals surface area contributed by atoms with E-state index >= 15 is 0 Å². The summed E-state index contributed by atoms with van der Waals surface area (Å²) in [6.07, 6.45) is 17.9. The van der Waals surface area contributed by atoms with Gasteiger partial charge in [0.2, 0.25) is 0 Å². The van der Waals surface area contributed by atoms with Crippen molar-refractivity contribution in [2.24, 2.45) is 17.8 Å². The van der Waals surface area contributed by atoms with Gasteiger partial charge in [0.05, 0.1) is 6.17 Å². The van der Waals surface area contributed by atoms with Gasteiger partial charge < -0.3 is 10.6 Å². The molecule has 2 N–H and O–H groups in total. The molecule has 2 aliphatic carbocycles. The SMILES string of the molecule is C1CCCC1.CC1CCC(C2NCC(C)CN2)CC1.CCCCC. The van der Waals surface area contributed by atoms with Crippen LogP contribution in [0.15, 0.2) is 0 Å². The molecule has 1 aliphatic heterocycles. The summed E-state index contributed by atoms with van der Waals surface area (Å²) in [5.74, 6) is 2.65. The molecule has 144 valence electrons. The van der Waals surface area contributed by atoms with Gasteiger partial charge >= 0.3 is 0 Å². The van der Waals surface area contributed by atoms with Crippen molar-refractivity contribution in [1.29, 1.82) is 0 Å². The minimum absolute atomic E-state index is 0.610. The summed E-state index contributed by atoms with van der Waals surface area (Å²) in [6.45, 7) is 11.5. The van der Waals surface area contributed by atoms with Crippen LogP contribution in [0.1, 0.15) is 105 Å². The molecule has 0 radical (unpaired) electrons. The Kier molecular flexibility index (Phi) is 12.9. The zero-order valence-corrected chi connectivity index (χ0v) is 17.2. The number of hydrogen-bond donors (Lipinski definition) is 2. The molecular weight excluding hydrogens is 292 g/mol. The second-order valence-electron chi connectivity index (χ2n) is 8.54. The molecule has 1 heterocycles. The molecule has 3 rings (SSSR count). The fourth-order valence-electron chi connectivity index (χ4n) is 3.99. The summed E-state index contributed by atoms with van der Waals surface area (Å²) >= 11 is 0. The summed E-state index contributed by atoms with van der Waals surface area (Å²) in [6, 6.07) is 0. The summed E-state index contributed by atoms with van der Waals surface area (Å²) in [5.41, 5.74) is 0. The third-order valence-corrected chi connectivity index (χ3v) is 5.86. The van der Waals surface area contributed by atoms with Crippen molar-refractivity contribution in [1.82, 2.24) is 10.6 Å². The van der Waals surface area contributed by atoms with Gasteiger partial charge in [-0.15, -0.1) is 0 Å². The molecule has 0 amide bonds. The molecule has 0 bridgehead atoms. The number of rotatable bonds is 3. The van der Waals surface area contributed by atoms with Crippen LogP contribution in [0.3, 0.4) is 0 Å². The Bertz CT molecular complexity index is 230. The Morgan fingerprint density at radius 1 is 0.667 bits per heavy atom. The average molecular weight is 339 g/mol. The smallest absolute Gasteiger partial charge is 0.0600 e. The first-order chi connectivity index (χ1) is 11.7. The van der Waals surface area contributed by atoms with E-state index in [4.69, 9.17) is 0 Å². The number of hydrogen-bond acceptors (Lipinski definition) is 2. The molecule has 0 aromatic rings. The Labute approximate surface area is 152 Å². The maximum Gasteiger partial charge on any atom is 0.0600 e. The average Bonchev–Trinajstić information content (AvgIpc) is 3.18. The molecule has 2 saturated carbocycles. The van der Waals surface area contributed by atoms with Gasteiger partial charge in [-0.2, -0.15) is 0 Å². The lowest BCUT2D eigenvalue weighted by atomic mass is 9.81. The van der Waals surface area contributed by atoms with E-state index in [2.05, 4.69) is 38.3 Å². The van der Waals surface area contributed by atoms with Crippen molar-refractivity contribution in [2.75, 3.05) is 13.1 Å². The molecular formula is C22H46N2. The molecule has 0 aromatic carbocycles. The summed E-state index contributed by atoms with van der Waals surface area (Å²) < 4.78 is 0. The Morgan fingerprint density at radius 2 is 1.12 bits per heavy atom. The molecule has 3 fully saturated rings. The van der Waals surface area contributed by atoms with Crippen molar-refractivity contribution in [3.05, 3.63) is 0 Å². The minimum Gasteiger partial charge on any atom is -0.301 e. The van der Waals surface area contributed by atoms with Gasteiger partial charge in [0.1, 0.15) is 0 Å². The molecule has 0 atom stereocenters. The van der Waals surface area contributed by atoms with Gasteiger partial charge in [-0.25, -0.2) is 0 Å². The summed E-state index contributed by atoms with van der Waals surface area (Å²) in [4.78, 5) is 0. The van der Waals surface area contributed by atoms with Crippen molar-refractivity contribution in [2.45, 2.75) is 111 Å². The monoisotopic (exact) mass is 338 g/mol. The van der Waals surface area contributed by atoms with Crippen LogP contribution >= 0.6 is 0 Å². The second kappa shape index (κ2) is 14.1. The van der Waals surface area contributed by atoms with Crippen molar-refractivity contribution < 1.29 is 0 Å². The van der Waals surface area contributed by atoms with E-state index in [0.29, 0.717) is 6.17 Å². The third kappa shape index (κ3) is 10.0. The van der Waals surface area contributed by atoms with E-state index in [9.17, 15) is 0 Å². The molecule has 1 saturated heterocycles. The lowest BCUT2D eigenvalue weighted by Crippen LogP contribution is -2.56. The van der Waals surface area contributed by atoms with E-state index < -0.39 is 0 Å². The van der Waals surface area contributed by atoms with Gasteiger partial charge in [-0.3, -0.25) is 0 Å². The second-order valence-corrected chi connectivity index (χ2v) is 8.54. The van der Waals surface area contributed by atoms with Crippen LogP contribution in [0.5, 0.6) is 0 Å². The summed E-state index contributed by atoms with van der Waals surface area (Å²) in [5, 5.41) is 7.28.